The van der Waals surface area contributed by atoms with Gasteiger partial charge in [-0.15, -0.1) is 0 Å². The SMILES string of the molecule is CCCCC(=O)N(CCO)C[C@@H](O)CO. The average Bonchev–Trinajstić information content (AvgIpc) is 2.24. The maximum atomic E-state index is 11.6. The molecule has 0 saturated carbocycles. The molecule has 0 aliphatic carbocycles. The van der Waals surface area contributed by atoms with Crippen molar-refractivity contribution in [3.8, 4) is 0 Å². The summed E-state index contributed by atoms with van der Waals surface area (Å²) in [6.07, 6.45) is 1.23. The van der Waals surface area contributed by atoms with Crippen LogP contribution < -0.4 is 0 Å². The summed E-state index contributed by atoms with van der Waals surface area (Å²) in [7, 11) is 0. The number of rotatable bonds is 8. The Balaban J connectivity index is 4.05. The summed E-state index contributed by atoms with van der Waals surface area (Å²) in [5.41, 5.74) is 0. The summed E-state index contributed by atoms with van der Waals surface area (Å²) in [5, 5.41) is 26.6. The first-order valence-corrected chi connectivity index (χ1v) is 5.33. The number of nitrogens with zero attached hydrogens (tertiary/aromatic N) is 1. The van der Waals surface area contributed by atoms with Gasteiger partial charge in [0.05, 0.1) is 19.3 Å². The zero-order valence-corrected chi connectivity index (χ0v) is 9.22. The third kappa shape index (κ3) is 6.43. The lowest BCUT2D eigenvalue weighted by Gasteiger charge is -2.23. The maximum absolute atomic E-state index is 11.6. The van der Waals surface area contributed by atoms with Crippen LogP contribution >= 0.6 is 0 Å². The molecule has 90 valence electrons. The van der Waals surface area contributed by atoms with Gasteiger partial charge in [0.15, 0.2) is 0 Å². The molecule has 0 heterocycles. The molecule has 0 rings (SSSR count). The first-order valence-electron chi connectivity index (χ1n) is 5.33. The van der Waals surface area contributed by atoms with Crippen LogP contribution in [0, 0.1) is 0 Å². The lowest BCUT2D eigenvalue weighted by molar-refractivity contribution is -0.133. The lowest BCUT2D eigenvalue weighted by atomic mass is 10.2. The normalized spacial score (nSPS) is 12.5. The van der Waals surface area contributed by atoms with Gasteiger partial charge in [-0.2, -0.15) is 0 Å². The Kier molecular flexibility index (Phi) is 8.27. The van der Waals surface area contributed by atoms with E-state index in [4.69, 9.17) is 10.2 Å². The largest absolute Gasteiger partial charge is 0.395 e. The maximum Gasteiger partial charge on any atom is 0.222 e. The molecular weight excluding hydrogens is 198 g/mol. The number of hydrogen-bond donors (Lipinski definition) is 3. The molecule has 3 N–H and O–H groups in total. The lowest BCUT2D eigenvalue weighted by Crippen LogP contribution is -2.40. The minimum absolute atomic E-state index is 0.0829. The van der Waals surface area contributed by atoms with Crippen LogP contribution in [0.25, 0.3) is 0 Å². The van der Waals surface area contributed by atoms with E-state index in [0.29, 0.717) is 6.42 Å². The van der Waals surface area contributed by atoms with Gasteiger partial charge in [-0.3, -0.25) is 4.79 Å². The van der Waals surface area contributed by atoms with E-state index in [1.807, 2.05) is 6.92 Å². The minimum Gasteiger partial charge on any atom is -0.395 e. The van der Waals surface area contributed by atoms with Crippen molar-refractivity contribution in [2.75, 3.05) is 26.3 Å². The summed E-state index contributed by atoms with van der Waals surface area (Å²) in [6, 6.07) is 0. The van der Waals surface area contributed by atoms with Gasteiger partial charge in [-0.25, -0.2) is 0 Å². The topological polar surface area (TPSA) is 81.0 Å². The molecule has 0 aromatic rings. The highest BCUT2D eigenvalue weighted by Gasteiger charge is 2.15. The number of carbonyl (C=O) groups is 1. The van der Waals surface area contributed by atoms with Gasteiger partial charge in [0, 0.05) is 19.5 Å². The Morgan fingerprint density at radius 3 is 2.53 bits per heavy atom. The fraction of sp³-hybridized carbons (Fsp3) is 0.900. The quantitative estimate of drug-likeness (QED) is 0.507. The fourth-order valence-corrected chi connectivity index (χ4v) is 1.24. The zero-order chi connectivity index (χ0) is 11.7. The van der Waals surface area contributed by atoms with E-state index in [1.165, 1.54) is 4.90 Å². The molecule has 0 unspecified atom stereocenters. The minimum atomic E-state index is -0.929. The van der Waals surface area contributed by atoms with Crippen molar-refractivity contribution in [3.05, 3.63) is 0 Å². The van der Waals surface area contributed by atoms with E-state index >= 15 is 0 Å². The zero-order valence-electron chi connectivity index (χ0n) is 9.22. The average molecular weight is 219 g/mol. The van der Waals surface area contributed by atoms with Crippen LogP contribution in [0.15, 0.2) is 0 Å². The monoisotopic (exact) mass is 219 g/mol. The number of unbranched alkanes of at least 4 members (excludes halogenated alkanes) is 1. The van der Waals surface area contributed by atoms with Crippen molar-refractivity contribution in [1.29, 1.82) is 0 Å². The van der Waals surface area contributed by atoms with Crippen LogP contribution in [-0.2, 0) is 4.79 Å². The second-order valence-electron chi connectivity index (χ2n) is 3.50. The van der Waals surface area contributed by atoms with Gasteiger partial charge >= 0.3 is 0 Å². The second kappa shape index (κ2) is 8.64. The highest BCUT2D eigenvalue weighted by atomic mass is 16.3. The Labute approximate surface area is 90.3 Å². The molecule has 0 saturated heterocycles. The third-order valence-corrected chi connectivity index (χ3v) is 2.11. The van der Waals surface area contributed by atoms with Crippen LogP contribution in [0.3, 0.4) is 0 Å². The van der Waals surface area contributed by atoms with Gasteiger partial charge in [0.2, 0.25) is 5.91 Å². The number of aliphatic hydroxyl groups excluding tert-OH is 3. The molecule has 5 nitrogen and oxygen atoms in total. The molecule has 15 heavy (non-hydrogen) atoms. The van der Waals surface area contributed by atoms with Gasteiger partial charge in [0.1, 0.15) is 0 Å². The van der Waals surface area contributed by atoms with Crippen molar-refractivity contribution in [2.24, 2.45) is 0 Å². The van der Waals surface area contributed by atoms with Crippen LogP contribution in [0.1, 0.15) is 26.2 Å². The van der Waals surface area contributed by atoms with Crippen LogP contribution in [0.5, 0.6) is 0 Å². The van der Waals surface area contributed by atoms with Crippen molar-refractivity contribution in [3.63, 3.8) is 0 Å². The number of aliphatic hydroxyl groups is 3. The Bertz CT molecular complexity index is 175. The van der Waals surface area contributed by atoms with Gasteiger partial charge in [-0.1, -0.05) is 13.3 Å². The molecule has 0 aromatic heterocycles. The summed E-state index contributed by atoms with van der Waals surface area (Å²) < 4.78 is 0. The molecular formula is C10H21NO4. The molecule has 0 aliphatic heterocycles. The highest BCUT2D eigenvalue weighted by molar-refractivity contribution is 5.76. The highest BCUT2D eigenvalue weighted by Crippen LogP contribution is 2.01. The van der Waals surface area contributed by atoms with E-state index in [2.05, 4.69) is 0 Å². The Morgan fingerprint density at radius 1 is 1.40 bits per heavy atom. The first-order chi connectivity index (χ1) is 7.15. The smallest absolute Gasteiger partial charge is 0.222 e. The molecule has 0 radical (unpaired) electrons. The van der Waals surface area contributed by atoms with E-state index < -0.39 is 6.10 Å². The standard InChI is InChI=1S/C10H21NO4/c1-2-3-4-10(15)11(5-6-12)7-9(14)8-13/h9,12-14H,2-8H2,1H3/t9-/m1/s1. The van der Waals surface area contributed by atoms with E-state index in [9.17, 15) is 9.90 Å². The summed E-state index contributed by atoms with van der Waals surface area (Å²) >= 11 is 0. The van der Waals surface area contributed by atoms with Crippen LogP contribution in [0.2, 0.25) is 0 Å². The van der Waals surface area contributed by atoms with Crippen molar-refractivity contribution in [2.45, 2.75) is 32.3 Å². The number of amides is 1. The number of hydrogen-bond acceptors (Lipinski definition) is 4. The van der Waals surface area contributed by atoms with E-state index in [0.717, 1.165) is 12.8 Å². The summed E-state index contributed by atoms with van der Waals surface area (Å²) in [6.45, 7) is 1.78. The molecule has 1 atom stereocenters. The fourth-order valence-electron chi connectivity index (χ4n) is 1.24. The molecule has 0 aliphatic rings. The third-order valence-electron chi connectivity index (χ3n) is 2.11. The van der Waals surface area contributed by atoms with Crippen LogP contribution in [-0.4, -0.2) is 58.5 Å². The Hall–Kier alpha value is -0.650. The predicted molar refractivity (Wildman–Crippen MR) is 56.3 cm³/mol. The van der Waals surface area contributed by atoms with Gasteiger partial charge < -0.3 is 20.2 Å². The molecule has 0 spiro atoms. The van der Waals surface area contributed by atoms with E-state index in [-0.39, 0.29) is 32.2 Å². The molecule has 1 amide bonds. The molecule has 5 heteroatoms. The van der Waals surface area contributed by atoms with Crippen molar-refractivity contribution < 1.29 is 20.1 Å². The number of carbonyl (C=O) groups excluding carboxylic acids is 1. The van der Waals surface area contributed by atoms with E-state index in [1.54, 1.807) is 0 Å². The molecule has 0 aromatic carbocycles. The van der Waals surface area contributed by atoms with Gasteiger partial charge in [-0.05, 0) is 6.42 Å². The first kappa shape index (κ1) is 14.3. The predicted octanol–water partition coefficient (Wildman–Crippen LogP) is -0.649. The summed E-state index contributed by atoms with van der Waals surface area (Å²) in [4.78, 5) is 13.0. The molecule has 0 fully saturated rings. The van der Waals surface area contributed by atoms with Crippen molar-refractivity contribution in [1.82, 2.24) is 4.90 Å². The van der Waals surface area contributed by atoms with Crippen LogP contribution in [0.4, 0.5) is 0 Å². The second-order valence-corrected chi connectivity index (χ2v) is 3.50. The van der Waals surface area contributed by atoms with Gasteiger partial charge in [0.25, 0.3) is 0 Å². The summed E-state index contributed by atoms with van der Waals surface area (Å²) in [5.74, 6) is -0.0848. The molecule has 0 bridgehead atoms. The van der Waals surface area contributed by atoms with Crippen molar-refractivity contribution >= 4 is 5.91 Å². The Morgan fingerprint density at radius 2 is 2.07 bits per heavy atom.